The molecule has 1 aliphatic carbocycles. The van der Waals surface area contributed by atoms with Gasteiger partial charge < -0.3 is 15.2 Å². The number of benzene rings is 1. The minimum Gasteiger partial charge on any atom is -0.492 e. The van der Waals surface area contributed by atoms with Gasteiger partial charge >= 0.3 is 0 Å². The quantitative estimate of drug-likeness (QED) is 0.779. The van der Waals surface area contributed by atoms with Crippen LogP contribution in [-0.4, -0.2) is 30.4 Å². The van der Waals surface area contributed by atoms with Crippen LogP contribution in [0.25, 0.3) is 0 Å². The van der Waals surface area contributed by atoms with Crippen molar-refractivity contribution in [3.63, 3.8) is 0 Å². The van der Waals surface area contributed by atoms with Gasteiger partial charge in [-0.05, 0) is 55.9 Å². The topological polar surface area (TPSA) is 41.5 Å². The zero-order chi connectivity index (χ0) is 14.4. The van der Waals surface area contributed by atoms with E-state index in [9.17, 15) is 5.11 Å². The summed E-state index contributed by atoms with van der Waals surface area (Å²) in [5, 5.41) is 13.2. The molecule has 20 heavy (non-hydrogen) atoms. The van der Waals surface area contributed by atoms with Crippen LogP contribution in [0.3, 0.4) is 0 Å². The fraction of sp³-hybridized carbons (Fsp3) is 0.625. The molecule has 0 unspecified atom stereocenters. The normalized spacial score (nSPS) is 26.4. The van der Waals surface area contributed by atoms with E-state index in [1.165, 1.54) is 12.8 Å². The number of rotatable bonds is 6. The number of aliphatic hydroxyl groups is 1. The van der Waals surface area contributed by atoms with Gasteiger partial charge in [-0.3, -0.25) is 0 Å². The Hall–Kier alpha value is -0.580. The first-order valence-corrected chi connectivity index (χ1v) is 8.17. The fourth-order valence-electron chi connectivity index (χ4n) is 2.72. The second-order valence-electron chi connectivity index (χ2n) is 5.85. The lowest BCUT2D eigenvalue weighted by Crippen LogP contribution is -2.51. The van der Waals surface area contributed by atoms with Crippen LogP contribution < -0.4 is 10.1 Å². The molecule has 4 heteroatoms. The maximum Gasteiger partial charge on any atom is 0.119 e. The molecule has 0 aromatic heterocycles. The summed E-state index contributed by atoms with van der Waals surface area (Å²) in [5.41, 5.74) is -0.0877. The van der Waals surface area contributed by atoms with E-state index in [0.717, 1.165) is 35.5 Å². The summed E-state index contributed by atoms with van der Waals surface area (Å²) in [5.74, 6) is 1.67. The summed E-state index contributed by atoms with van der Waals surface area (Å²) >= 11 is 3.40. The molecule has 0 amide bonds. The van der Waals surface area contributed by atoms with E-state index in [1.54, 1.807) is 0 Å². The van der Waals surface area contributed by atoms with Crippen molar-refractivity contribution in [3.8, 4) is 5.75 Å². The lowest BCUT2D eigenvalue weighted by Gasteiger charge is -2.39. The van der Waals surface area contributed by atoms with Crippen LogP contribution in [0, 0.1) is 5.92 Å². The van der Waals surface area contributed by atoms with Crippen molar-refractivity contribution in [2.24, 2.45) is 5.92 Å². The number of hydrogen-bond donors (Lipinski definition) is 2. The third-order valence-corrected chi connectivity index (χ3v) is 4.75. The minimum absolute atomic E-state index is 0.0877. The molecule has 2 N–H and O–H groups in total. The average molecular weight is 342 g/mol. The molecule has 0 heterocycles. The number of nitrogens with one attached hydrogen (secondary N) is 1. The van der Waals surface area contributed by atoms with E-state index in [-0.39, 0.29) is 12.1 Å². The number of hydrogen-bond acceptors (Lipinski definition) is 3. The molecule has 112 valence electrons. The van der Waals surface area contributed by atoms with Crippen LogP contribution in [0.2, 0.25) is 0 Å². The van der Waals surface area contributed by atoms with Gasteiger partial charge in [0, 0.05) is 16.6 Å². The Bertz CT molecular complexity index is 399. The smallest absolute Gasteiger partial charge is 0.119 e. The molecule has 2 rings (SSSR count). The van der Waals surface area contributed by atoms with Gasteiger partial charge in [0.25, 0.3) is 0 Å². The number of halogens is 1. The van der Waals surface area contributed by atoms with Crippen LogP contribution in [0.15, 0.2) is 28.7 Å². The highest BCUT2D eigenvalue weighted by Gasteiger charge is 2.32. The van der Waals surface area contributed by atoms with E-state index in [1.807, 2.05) is 24.3 Å². The van der Waals surface area contributed by atoms with E-state index in [4.69, 9.17) is 4.74 Å². The Kier molecular flexibility index (Phi) is 5.87. The van der Waals surface area contributed by atoms with Gasteiger partial charge in [-0.1, -0.05) is 22.9 Å². The first-order chi connectivity index (χ1) is 9.63. The summed E-state index contributed by atoms with van der Waals surface area (Å²) in [6, 6.07) is 7.85. The molecule has 1 aliphatic rings. The van der Waals surface area contributed by atoms with Gasteiger partial charge in [0.2, 0.25) is 0 Å². The van der Waals surface area contributed by atoms with E-state index >= 15 is 0 Å². The Labute approximate surface area is 129 Å². The van der Waals surface area contributed by atoms with Gasteiger partial charge in [0.05, 0.1) is 6.61 Å². The molecule has 0 aliphatic heterocycles. The van der Waals surface area contributed by atoms with Crippen molar-refractivity contribution in [3.05, 3.63) is 28.7 Å². The van der Waals surface area contributed by atoms with E-state index < -0.39 is 0 Å². The maximum absolute atomic E-state index is 9.67. The molecule has 1 aromatic carbocycles. The zero-order valence-electron chi connectivity index (χ0n) is 12.1. The molecular weight excluding hydrogens is 318 g/mol. The minimum atomic E-state index is -0.0877. The molecule has 0 bridgehead atoms. The van der Waals surface area contributed by atoms with Gasteiger partial charge in [0.1, 0.15) is 12.4 Å². The van der Waals surface area contributed by atoms with Crippen LogP contribution >= 0.6 is 15.9 Å². The van der Waals surface area contributed by atoms with Crippen molar-refractivity contribution in [2.75, 3.05) is 19.8 Å². The summed E-state index contributed by atoms with van der Waals surface area (Å²) in [6.45, 7) is 3.90. The van der Waals surface area contributed by atoms with Crippen LogP contribution in [0.1, 0.15) is 32.6 Å². The molecule has 0 saturated heterocycles. The standard InChI is InChI=1S/C16H24BrNO2/c1-13-6-8-16(12-19,9-7-13)18-10-11-20-15-4-2-14(17)3-5-15/h2-5,13,18-19H,6-12H2,1H3. The molecule has 0 spiro atoms. The second kappa shape index (κ2) is 7.43. The third kappa shape index (κ3) is 4.47. The van der Waals surface area contributed by atoms with Crippen molar-refractivity contribution >= 4 is 15.9 Å². The highest BCUT2D eigenvalue weighted by molar-refractivity contribution is 9.10. The summed E-state index contributed by atoms with van der Waals surface area (Å²) in [7, 11) is 0. The average Bonchev–Trinajstić information content (AvgIpc) is 2.48. The van der Waals surface area contributed by atoms with Crippen LogP contribution in [-0.2, 0) is 0 Å². The Balaban J connectivity index is 1.73. The molecule has 1 fully saturated rings. The lowest BCUT2D eigenvalue weighted by atomic mass is 9.77. The van der Waals surface area contributed by atoms with E-state index in [2.05, 4.69) is 28.2 Å². The van der Waals surface area contributed by atoms with Crippen molar-refractivity contribution in [1.29, 1.82) is 0 Å². The number of aliphatic hydroxyl groups excluding tert-OH is 1. The predicted octanol–water partition coefficient (Wildman–Crippen LogP) is 3.36. The molecular formula is C16H24BrNO2. The predicted molar refractivity (Wildman–Crippen MR) is 85.1 cm³/mol. The Morgan fingerprint density at radius 3 is 2.55 bits per heavy atom. The van der Waals surface area contributed by atoms with Crippen molar-refractivity contribution in [1.82, 2.24) is 5.32 Å². The fourth-order valence-corrected chi connectivity index (χ4v) is 2.99. The van der Waals surface area contributed by atoms with Gasteiger partial charge in [-0.25, -0.2) is 0 Å². The van der Waals surface area contributed by atoms with Gasteiger partial charge in [0.15, 0.2) is 0 Å². The first kappa shape index (κ1) is 15.8. The molecule has 1 saturated carbocycles. The van der Waals surface area contributed by atoms with Gasteiger partial charge in [-0.2, -0.15) is 0 Å². The largest absolute Gasteiger partial charge is 0.492 e. The zero-order valence-corrected chi connectivity index (χ0v) is 13.7. The third-order valence-electron chi connectivity index (χ3n) is 4.22. The molecule has 1 aromatic rings. The van der Waals surface area contributed by atoms with Crippen LogP contribution in [0.4, 0.5) is 0 Å². The Morgan fingerprint density at radius 2 is 1.95 bits per heavy atom. The van der Waals surface area contributed by atoms with Crippen molar-refractivity contribution < 1.29 is 9.84 Å². The van der Waals surface area contributed by atoms with Crippen molar-refractivity contribution in [2.45, 2.75) is 38.1 Å². The van der Waals surface area contributed by atoms with Gasteiger partial charge in [-0.15, -0.1) is 0 Å². The maximum atomic E-state index is 9.67. The Morgan fingerprint density at radius 1 is 1.30 bits per heavy atom. The lowest BCUT2D eigenvalue weighted by molar-refractivity contribution is 0.101. The monoisotopic (exact) mass is 341 g/mol. The summed E-state index contributed by atoms with van der Waals surface area (Å²) in [4.78, 5) is 0. The molecule has 0 radical (unpaired) electrons. The summed E-state index contributed by atoms with van der Waals surface area (Å²) < 4.78 is 6.75. The highest BCUT2D eigenvalue weighted by atomic mass is 79.9. The summed E-state index contributed by atoms with van der Waals surface area (Å²) in [6.07, 6.45) is 4.51. The second-order valence-corrected chi connectivity index (χ2v) is 6.77. The molecule has 3 nitrogen and oxygen atoms in total. The van der Waals surface area contributed by atoms with Crippen LogP contribution in [0.5, 0.6) is 5.75 Å². The SMILES string of the molecule is CC1CCC(CO)(NCCOc2ccc(Br)cc2)CC1. The highest BCUT2D eigenvalue weighted by Crippen LogP contribution is 2.31. The first-order valence-electron chi connectivity index (χ1n) is 7.38. The van der Waals surface area contributed by atoms with E-state index in [0.29, 0.717) is 6.61 Å². The number of ether oxygens (including phenoxy) is 1. The molecule has 0 atom stereocenters.